The molecular weight excluding hydrogens is 242 g/mol. The number of esters is 1. The van der Waals surface area contributed by atoms with Crippen LogP contribution in [0, 0.1) is 11.3 Å². The van der Waals surface area contributed by atoms with Crippen LogP contribution in [0.15, 0.2) is 12.1 Å². The van der Waals surface area contributed by atoms with Crippen LogP contribution in [-0.2, 0) is 21.8 Å². The molecule has 90 valence electrons. The quantitative estimate of drug-likeness (QED) is 0.659. The number of rotatable bonds is 4. The Bertz CT molecular complexity index is 466. The van der Waals surface area contributed by atoms with E-state index in [2.05, 4.69) is 0 Å². The Labute approximate surface area is 104 Å². The minimum absolute atomic E-state index is 0.105. The van der Waals surface area contributed by atoms with Crippen LogP contribution in [0.5, 0.6) is 5.75 Å². The number of aromatic hydroxyl groups is 1. The highest BCUT2D eigenvalue weighted by Gasteiger charge is 2.16. The molecule has 4 nitrogen and oxygen atoms in total. The first kappa shape index (κ1) is 13.3. The van der Waals surface area contributed by atoms with Crippen LogP contribution >= 0.6 is 11.6 Å². The molecule has 0 aromatic heterocycles. The molecule has 0 aliphatic carbocycles. The number of phenols is 1. The SMILES string of the molecule is CCOC(=O)Cc1c(C#N)ccc(CCl)c1O. The van der Waals surface area contributed by atoms with Gasteiger partial charge in [0.1, 0.15) is 5.75 Å². The summed E-state index contributed by atoms with van der Waals surface area (Å²) in [5.74, 6) is -0.467. The molecule has 0 bridgehead atoms. The van der Waals surface area contributed by atoms with Crippen molar-refractivity contribution in [2.24, 2.45) is 0 Å². The Hall–Kier alpha value is -1.73. The van der Waals surface area contributed by atoms with Crippen molar-refractivity contribution >= 4 is 17.6 Å². The van der Waals surface area contributed by atoms with Crippen molar-refractivity contribution in [2.45, 2.75) is 19.2 Å². The average molecular weight is 254 g/mol. The minimum Gasteiger partial charge on any atom is -0.507 e. The summed E-state index contributed by atoms with van der Waals surface area (Å²) in [6.45, 7) is 1.95. The van der Waals surface area contributed by atoms with Crippen molar-refractivity contribution in [3.05, 3.63) is 28.8 Å². The molecule has 17 heavy (non-hydrogen) atoms. The highest BCUT2D eigenvalue weighted by Crippen LogP contribution is 2.27. The van der Waals surface area contributed by atoms with Crippen LogP contribution < -0.4 is 0 Å². The Morgan fingerprint density at radius 1 is 1.59 bits per heavy atom. The largest absolute Gasteiger partial charge is 0.507 e. The Morgan fingerprint density at radius 2 is 2.29 bits per heavy atom. The number of alkyl halides is 1. The number of hydrogen-bond acceptors (Lipinski definition) is 4. The number of hydrogen-bond donors (Lipinski definition) is 1. The fraction of sp³-hybridized carbons (Fsp3) is 0.333. The normalized spacial score (nSPS) is 9.71. The van der Waals surface area contributed by atoms with E-state index in [9.17, 15) is 9.90 Å². The molecule has 0 aliphatic rings. The van der Waals surface area contributed by atoms with E-state index < -0.39 is 5.97 Å². The first-order valence-corrected chi connectivity index (χ1v) is 5.62. The smallest absolute Gasteiger partial charge is 0.310 e. The summed E-state index contributed by atoms with van der Waals surface area (Å²) in [4.78, 5) is 11.4. The highest BCUT2D eigenvalue weighted by molar-refractivity contribution is 6.17. The van der Waals surface area contributed by atoms with Crippen LogP contribution in [-0.4, -0.2) is 17.7 Å². The molecule has 0 fully saturated rings. The number of phenolic OH excluding ortho intramolecular Hbond substituents is 1. The molecule has 1 rings (SSSR count). The Morgan fingerprint density at radius 3 is 2.82 bits per heavy atom. The first-order valence-electron chi connectivity index (χ1n) is 5.09. The van der Waals surface area contributed by atoms with Gasteiger partial charge in [-0.25, -0.2) is 0 Å². The lowest BCUT2D eigenvalue weighted by Gasteiger charge is -2.09. The van der Waals surface area contributed by atoms with Gasteiger partial charge in [-0.05, 0) is 13.0 Å². The maximum Gasteiger partial charge on any atom is 0.310 e. The molecule has 0 aliphatic heterocycles. The summed E-state index contributed by atoms with van der Waals surface area (Å²) in [7, 11) is 0. The first-order chi connectivity index (χ1) is 8.13. The van der Waals surface area contributed by atoms with Gasteiger partial charge in [-0.3, -0.25) is 4.79 Å². The molecule has 0 atom stereocenters. The second-order valence-electron chi connectivity index (χ2n) is 3.33. The summed E-state index contributed by atoms with van der Waals surface area (Å²) in [5.41, 5.74) is 1.01. The van der Waals surface area contributed by atoms with Gasteiger partial charge >= 0.3 is 5.97 Å². The van der Waals surface area contributed by atoms with Crippen LogP contribution in [0.2, 0.25) is 0 Å². The molecule has 1 aromatic carbocycles. The molecule has 5 heteroatoms. The van der Waals surface area contributed by atoms with Crippen molar-refractivity contribution in [2.75, 3.05) is 6.61 Å². The maximum absolute atomic E-state index is 11.4. The van der Waals surface area contributed by atoms with E-state index in [0.29, 0.717) is 5.56 Å². The lowest BCUT2D eigenvalue weighted by atomic mass is 10.0. The van der Waals surface area contributed by atoms with Gasteiger partial charge in [-0.2, -0.15) is 5.26 Å². The van der Waals surface area contributed by atoms with E-state index >= 15 is 0 Å². The monoisotopic (exact) mass is 253 g/mol. The third kappa shape index (κ3) is 3.11. The zero-order chi connectivity index (χ0) is 12.8. The lowest BCUT2D eigenvalue weighted by molar-refractivity contribution is -0.142. The third-order valence-corrected chi connectivity index (χ3v) is 2.55. The predicted octanol–water partition coefficient (Wildman–Crippen LogP) is 2.11. The Balaban J connectivity index is 3.11. The van der Waals surface area contributed by atoms with E-state index in [1.54, 1.807) is 13.0 Å². The fourth-order valence-electron chi connectivity index (χ4n) is 1.43. The minimum atomic E-state index is -0.481. The van der Waals surface area contributed by atoms with E-state index in [4.69, 9.17) is 21.6 Å². The summed E-state index contributed by atoms with van der Waals surface area (Å²) < 4.78 is 4.78. The van der Waals surface area contributed by atoms with E-state index in [-0.39, 0.29) is 35.8 Å². The topological polar surface area (TPSA) is 70.3 Å². The van der Waals surface area contributed by atoms with Gasteiger partial charge in [0.05, 0.1) is 30.5 Å². The van der Waals surface area contributed by atoms with Crippen molar-refractivity contribution < 1.29 is 14.6 Å². The number of halogens is 1. The van der Waals surface area contributed by atoms with Crippen LogP contribution in [0.1, 0.15) is 23.6 Å². The summed E-state index contributed by atoms with van der Waals surface area (Å²) in [5, 5.41) is 18.8. The summed E-state index contributed by atoms with van der Waals surface area (Å²) in [6, 6.07) is 5.02. The molecule has 1 N–H and O–H groups in total. The summed E-state index contributed by atoms with van der Waals surface area (Å²) in [6.07, 6.45) is -0.132. The third-order valence-electron chi connectivity index (χ3n) is 2.26. The molecule has 0 spiro atoms. The van der Waals surface area contributed by atoms with Crippen molar-refractivity contribution in [3.63, 3.8) is 0 Å². The van der Waals surface area contributed by atoms with Gasteiger partial charge in [0.2, 0.25) is 0 Å². The Kier molecular flexibility index (Phi) is 4.80. The van der Waals surface area contributed by atoms with Crippen LogP contribution in [0.3, 0.4) is 0 Å². The van der Waals surface area contributed by atoms with Crippen LogP contribution in [0.25, 0.3) is 0 Å². The molecular formula is C12H12ClNO3. The van der Waals surface area contributed by atoms with Crippen molar-refractivity contribution in [1.29, 1.82) is 5.26 Å². The van der Waals surface area contributed by atoms with Gasteiger partial charge in [-0.1, -0.05) is 6.07 Å². The molecule has 0 amide bonds. The van der Waals surface area contributed by atoms with Crippen molar-refractivity contribution in [3.8, 4) is 11.8 Å². The van der Waals surface area contributed by atoms with Gasteiger partial charge in [0.15, 0.2) is 0 Å². The fourth-order valence-corrected chi connectivity index (χ4v) is 1.65. The number of benzene rings is 1. The predicted molar refractivity (Wildman–Crippen MR) is 62.7 cm³/mol. The van der Waals surface area contributed by atoms with E-state index in [1.807, 2.05) is 6.07 Å². The molecule has 0 saturated carbocycles. The molecule has 0 unspecified atom stereocenters. The molecule has 0 saturated heterocycles. The molecule has 0 radical (unpaired) electrons. The second-order valence-corrected chi connectivity index (χ2v) is 3.59. The highest BCUT2D eigenvalue weighted by atomic mass is 35.5. The lowest BCUT2D eigenvalue weighted by Crippen LogP contribution is -2.09. The number of nitriles is 1. The zero-order valence-electron chi connectivity index (χ0n) is 9.36. The number of carbonyl (C=O) groups is 1. The van der Waals surface area contributed by atoms with Gasteiger partial charge in [-0.15, -0.1) is 11.6 Å². The van der Waals surface area contributed by atoms with Crippen LogP contribution in [0.4, 0.5) is 0 Å². The van der Waals surface area contributed by atoms with Crippen molar-refractivity contribution in [1.82, 2.24) is 0 Å². The number of nitrogens with zero attached hydrogens (tertiary/aromatic N) is 1. The van der Waals surface area contributed by atoms with Gasteiger partial charge in [0.25, 0.3) is 0 Å². The average Bonchev–Trinajstić information content (AvgIpc) is 2.32. The van der Waals surface area contributed by atoms with E-state index in [0.717, 1.165) is 0 Å². The second kappa shape index (κ2) is 6.12. The van der Waals surface area contributed by atoms with Gasteiger partial charge < -0.3 is 9.84 Å². The number of ether oxygens (including phenoxy) is 1. The zero-order valence-corrected chi connectivity index (χ0v) is 10.1. The van der Waals surface area contributed by atoms with Gasteiger partial charge in [0, 0.05) is 11.1 Å². The molecule has 0 heterocycles. The standard InChI is InChI=1S/C12H12ClNO3/c1-2-17-11(15)5-10-9(7-14)4-3-8(6-13)12(10)16/h3-4,16H,2,5-6H2,1H3. The maximum atomic E-state index is 11.4. The summed E-state index contributed by atoms with van der Waals surface area (Å²) >= 11 is 5.64. The molecule has 1 aromatic rings. The van der Waals surface area contributed by atoms with E-state index in [1.165, 1.54) is 6.07 Å². The number of carbonyl (C=O) groups excluding carboxylic acids is 1.